The molecule has 192 valence electrons. The highest BCUT2D eigenvalue weighted by Crippen LogP contribution is 2.43. The first-order valence-electron chi connectivity index (χ1n) is 12.8. The Labute approximate surface area is 219 Å². The standard InChI is InChI=1S/C32H35NO4/c1-7-37-26-18-15-23(19-25(26)32(4,5)6)29(34)27-28(22-11-9-8-10-12-22)33(31(36)30(27)35)24-16-13-21(14-17-24)20(2)3/h8-20,28,34H,7H2,1-6H3/b29-27-. The summed E-state index contributed by atoms with van der Waals surface area (Å²) in [6, 6.07) is 21.7. The molecule has 1 aliphatic heterocycles. The maximum Gasteiger partial charge on any atom is 0.300 e. The second-order valence-electron chi connectivity index (χ2n) is 10.7. The Morgan fingerprint density at radius 1 is 0.973 bits per heavy atom. The number of hydrogen-bond donors (Lipinski definition) is 1. The first kappa shape index (κ1) is 26.2. The van der Waals surface area contributed by atoms with Crippen molar-refractivity contribution < 1.29 is 19.4 Å². The molecule has 0 aromatic heterocycles. The smallest absolute Gasteiger partial charge is 0.300 e. The number of aliphatic hydroxyl groups is 1. The Morgan fingerprint density at radius 2 is 1.62 bits per heavy atom. The molecule has 0 spiro atoms. The molecule has 37 heavy (non-hydrogen) atoms. The predicted octanol–water partition coefficient (Wildman–Crippen LogP) is 7.13. The maximum atomic E-state index is 13.5. The van der Waals surface area contributed by atoms with Gasteiger partial charge in [0, 0.05) is 16.8 Å². The van der Waals surface area contributed by atoms with Gasteiger partial charge < -0.3 is 9.84 Å². The lowest BCUT2D eigenvalue weighted by atomic mass is 9.84. The fourth-order valence-electron chi connectivity index (χ4n) is 4.77. The van der Waals surface area contributed by atoms with Crippen molar-refractivity contribution >= 4 is 23.1 Å². The van der Waals surface area contributed by atoms with Crippen molar-refractivity contribution in [2.24, 2.45) is 0 Å². The molecule has 5 heteroatoms. The average molecular weight is 498 g/mol. The number of carbonyl (C=O) groups excluding carboxylic acids is 2. The summed E-state index contributed by atoms with van der Waals surface area (Å²) in [6.07, 6.45) is 0. The molecule has 1 N–H and O–H groups in total. The van der Waals surface area contributed by atoms with Gasteiger partial charge in [0.05, 0.1) is 18.2 Å². The van der Waals surface area contributed by atoms with Gasteiger partial charge in [-0.3, -0.25) is 14.5 Å². The highest BCUT2D eigenvalue weighted by molar-refractivity contribution is 6.51. The van der Waals surface area contributed by atoms with Gasteiger partial charge in [0.25, 0.3) is 11.7 Å². The average Bonchev–Trinajstić information content (AvgIpc) is 3.14. The van der Waals surface area contributed by atoms with Crippen LogP contribution < -0.4 is 9.64 Å². The lowest BCUT2D eigenvalue weighted by molar-refractivity contribution is -0.132. The summed E-state index contributed by atoms with van der Waals surface area (Å²) in [4.78, 5) is 28.4. The molecule has 1 fully saturated rings. The number of benzene rings is 3. The van der Waals surface area contributed by atoms with Crippen molar-refractivity contribution in [2.75, 3.05) is 11.5 Å². The third-order valence-corrected chi connectivity index (χ3v) is 6.76. The summed E-state index contributed by atoms with van der Waals surface area (Å²) in [5.41, 5.74) is 3.70. The molecule has 1 heterocycles. The number of aliphatic hydroxyl groups excluding tert-OH is 1. The first-order valence-corrected chi connectivity index (χ1v) is 12.8. The molecule has 1 unspecified atom stereocenters. The first-order chi connectivity index (χ1) is 17.5. The van der Waals surface area contributed by atoms with E-state index < -0.39 is 17.7 Å². The monoisotopic (exact) mass is 497 g/mol. The highest BCUT2D eigenvalue weighted by Gasteiger charge is 2.47. The molecular weight excluding hydrogens is 462 g/mol. The van der Waals surface area contributed by atoms with E-state index in [0.29, 0.717) is 23.8 Å². The Morgan fingerprint density at radius 3 is 2.19 bits per heavy atom. The zero-order valence-corrected chi connectivity index (χ0v) is 22.4. The second kappa shape index (κ2) is 10.3. The van der Waals surface area contributed by atoms with Gasteiger partial charge in [0.15, 0.2) is 0 Å². The summed E-state index contributed by atoms with van der Waals surface area (Å²) in [5.74, 6) is -0.481. The van der Waals surface area contributed by atoms with Crippen LogP contribution in [-0.2, 0) is 15.0 Å². The number of nitrogens with zero attached hydrogens (tertiary/aromatic N) is 1. The van der Waals surface area contributed by atoms with E-state index in [1.807, 2.05) is 73.7 Å². The van der Waals surface area contributed by atoms with Crippen molar-refractivity contribution in [1.29, 1.82) is 0 Å². The van der Waals surface area contributed by atoms with E-state index in [0.717, 1.165) is 22.4 Å². The lowest BCUT2D eigenvalue weighted by Crippen LogP contribution is -2.29. The molecule has 3 aromatic carbocycles. The number of ether oxygens (including phenoxy) is 1. The quantitative estimate of drug-likeness (QED) is 0.223. The van der Waals surface area contributed by atoms with E-state index in [-0.39, 0.29) is 16.7 Å². The van der Waals surface area contributed by atoms with Crippen molar-refractivity contribution in [2.45, 2.75) is 58.9 Å². The zero-order chi connectivity index (χ0) is 26.9. The summed E-state index contributed by atoms with van der Waals surface area (Å²) >= 11 is 0. The number of Topliss-reactive ketones (excluding diaryl/α,β-unsaturated/α-hetero) is 1. The van der Waals surface area contributed by atoms with Crippen LogP contribution in [0.4, 0.5) is 5.69 Å². The predicted molar refractivity (Wildman–Crippen MR) is 148 cm³/mol. The largest absolute Gasteiger partial charge is 0.507 e. The maximum absolute atomic E-state index is 13.5. The van der Waals surface area contributed by atoms with E-state index in [4.69, 9.17) is 4.74 Å². The van der Waals surface area contributed by atoms with Gasteiger partial charge in [-0.1, -0.05) is 77.1 Å². The SMILES string of the molecule is CCOc1ccc(/C(O)=C2/C(=O)C(=O)N(c3ccc(C(C)C)cc3)C2c2ccccc2)cc1C(C)(C)C. The topological polar surface area (TPSA) is 66.8 Å². The molecular formula is C32H35NO4. The van der Waals surface area contributed by atoms with Crippen LogP contribution in [0.1, 0.15) is 75.8 Å². The van der Waals surface area contributed by atoms with E-state index in [9.17, 15) is 14.7 Å². The summed E-state index contributed by atoms with van der Waals surface area (Å²) in [6.45, 7) is 12.9. The third kappa shape index (κ3) is 5.04. The molecule has 0 radical (unpaired) electrons. The summed E-state index contributed by atoms with van der Waals surface area (Å²) in [5, 5.41) is 11.6. The number of rotatable bonds is 6. The number of anilines is 1. The Hall–Kier alpha value is -3.86. The van der Waals surface area contributed by atoms with Crippen LogP contribution in [0, 0.1) is 0 Å². The van der Waals surface area contributed by atoms with Gasteiger partial charge in [-0.05, 0) is 59.7 Å². The van der Waals surface area contributed by atoms with Crippen LogP contribution in [-0.4, -0.2) is 23.4 Å². The van der Waals surface area contributed by atoms with Gasteiger partial charge in [-0.2, -0.15) is 0 Å². The fourth-order valence-corrected chi connectivity index (χ4v) is 4.77. The van der Waals surface area contributed by atoms with Crippen LogP contribution >= 0.6 is 0 Å². The molecule has 0 aliphatic carbocycles. The minimum atomic E-state index is -0.754. The minimum absolute atomic E-state index is 0.0770. The van der Waals surface area contributed by atoms with E-state index in [1.54, 1.807) is 6.07 Å². The highest BCUT2D eigenvalue weighted by atomic mass is 16.5. The van der Waals surface area contributed by atoms with E-state index >= 15 is 0 Å². The summed E-state index contributed by atoms with van der Waals surface area (Å²) < 4.78 is 5.83. The zero-order valence-electron chi connectivity index (χ0n) is 22.4. The molecule has 3 aromatic rings. The molecule has 1 atom stereocenters. The number of amides is 1. The minimum Gasteiger partial charge on any atom is -0.507 e. The van der Waals surface area contributed by atoms with Crippen molar-refractivity contribution in [3.63, 3.8) is 0 Å². The Bertz CT molecular complexity index is 1330. The van der Waals surface area contributed by atoms with Gasteiger partial charge in [-0.15, -0.1) is 0 Å². The molecule has 4 rings (SSSR count). The van der Waals surface area contributed by atoms with Crippen LogP contribution in [0.25, 0.3) is 5.76 Å². The fraction of sp³-hybridized carbons (Fsp3) is 0.312. The van der Waals surface area contributed by atoms with Gasteiger partial charge in [0.1, 0.15) is 11.5 Å². The molecule has 1 amide bonds. The molecule has 1 aliphatic rings. The van der Waals surface area contributed by atoms with Gasteiger partial charge >= 0.3 is 0 Å². The molecule has 1 saturated heterocycles. The van der Waals surface area contributed by atoms with Crippen LogP contribution in [0.3, 0.4) is 0 Å². The Balaban J connectivity index is 1.91. The number of hydrogen-bond acceptors (Lipinski definition) is 4. The van der Waals surface area contributed by atoms with Crippen molar-refractivity contribution in [1.82, 2.24) is 0 Å². The van der Waals surface area contributed by atoms with E-state index in [1.165, 1.54) is 4.90 Å². The number of ketones is 1. The van der Waals surface area contributed by atoms with Crippen molar-refractivity contribution in [3.05, 3.63) is 101 Å². The lowest BCUT2D eigenvalue weighted by Gasteiger charge is -2.26. The molecule has 0 saturated carbocycles. The molecule has 5 nitrogen and oxygen atoms in total. The van der Waals surface area contributed by atoms with Gasteiger partial charge in [-0.25, -0.2) is 0 Å². The summed E-state index contributed by atoms with van der Waals surface area (Å²) in [7, 11) is 0. The second-order valence-corrected chi connectivity index (χ2v) is 10.7. The molecule has 0 bridgehead atoms. The van der Waals surface area contributed by atoms with Gasteiger partial charge in [0.2, 0.25) is 0 Å². The Kier molecular flexibility index (Phi) is 7.26. The van der Waals surface area contributed by atoms with Crippen LogP contribution in [0.5, 0.6) is 5.75 Å². The van der Waals surface area contributed by atoms with Crippen LogP contribution in [0.15, 0.2) is 78.4 Å². The normalized spacial score (nSPS) is 17.5. The van der Waals surface area contributed by atoms with Crippen LogP contribution in [0.2, 0.25) is 0 Å². The number of carbonyl (C=O) groups is 2. The van der Waals surface area contributed by atoms with Crippen molar-refractivity contribution in [3.8, 4) is 5.75 Å². The van der Waals surface area contributed by atoms with E-state index in [2.05, 4.69) is 34.6 Å². The third-order valence-electron chi connectivity index (χ3n) is 6.76.